The summed E-state index contributed by atoms with van der Waals surface area (Å²) in [5, 5.41) is 9.92. The van der Waals surface area contributed by atoms with Gasteiger partial charge in [-0.05, 0) is 12.5 Å². The zero-order chi connectivity index (χ0) is 15.8. The summed E-state index contributed by atoms with van der Waals surface area (Å²) >= 11 is 0. The summed E-state index contributed by atoms with van der Waals surface area (Å²) in [5.74, 6) is -0.320. The van der Waals surface area contributed by atoms with E-state index < -0.39 is 6.10 Å². The number of ether oxygens (including phenoxy) is 1. The molecule has 3 unspecified atom stereocenters. The van der Waals surface area contributed by atoms with Crippen LogP contribution in [0, 0.1) is 5.92 Å². The zero-order valence-corrected chi connectivity index (χ0v) is 14.3. The number of carbonyl (C=O) groups excluding carboxylic acids is 1. The van der Waals surface area contributed by atoms with Gasteiger partial charge in [-0.1, -0.05) is 37.3 Å². The molecule has 0 aliphatic heterocycles. The fraction of sp³-hybridized carbons (Fsp3) is 0.562. The zero-order valence-electron chi connectivity index (χ0n) is 13.4. The van der Waals surface area contributed by atoms with Crippen molar-refractivity contribution in [2.75, 3.05) is 20.2 Å². The molecule has 1 aromatic carbocycles. The van der Waals surface area contributed by atoms with Gasteiger partial charge in [-0.25, -0.2) is 0 Å². The molecule has 0 saturated heterocycles. The van der Waals surface area contributed by atoms with E-state index in [0.29, 0.717) is 6.61 Å². The molecule has 3 atom stereocenters. The smallest absolute Gasteiger partial charge is 0.226 e. The van der Waals surface area contributed by atoms with Gasteiger partial charge < -0.3 is 20.5 Å². The van der Waals surface area contributed by atoms with Crippen LogP contribution in [0.3, 0.4) is 0 Å². The second kappa shape index (κ2) is 10.6. The summed E-state index contributed by atoms with van der Waals surface area (Å²) in [6, 6.07) is 9.55. The first kappa shape index (κ1) is 20.9. The van der Waals surface area contributed by atoms with Gasteiger partial charge in [0.25, 0.3) is 0 Å². The maximum atomic E-state index is 12.0. The maximum Gasteiger partial charge on any atom is 0.226 e. The first-order valence-corrected chi connectivity index (χ1v) is 7.22. The Balaban J connectivity index is 0.00000441. The predicted octanol–water partition coefficient (Wildman–Crippen LogP) is 1.43. The van der Waals surface area contributed by atoms with Crippen molar-refractivity contribution in [2.45, 2.75) is 32.6 Å². The van der Waals surface area contributed by atoms with Crippen molar-refractivity contribution in [3.05, 3.63) is 35.9 Å². The average molecular weight is 331 g/mol. The van der Waals surface area contributed by atoms with Crippen LogP contribution in [0.15, 0.2) is 30.3 Å². The number of likely N-dealkylation sites (N-methyl/N-ethyl adjacent to an activating group) is 1. The molecule has 0 heterocycles. The van der Waals surface area contributed by atoms with Crippen LogP contribution in [0.2, 0.25) is 0 Å². The Labute approximate surface area is 138 Å². The van der Waals surface area contributed by atoms with Gasteiger partial charge in [0.2, 0.25) is 5.91 Å². The Morgan fingerprint density at radius 3 is 2.45 bits per heavy atom. The van der Waals surface area contributed by atoms with Crippen LogP contribution in [-0.2, 0) is 16.1 Å². The third-order valence-corrected chi connectivity index (χ3v) is 3.46. The summed E-state index contributed by atoms with van der Waals surface area (Å²) in [4.78, 5) is 13.5. The van der Waals surface area contributed by atoms with Crippen LogP contribution >= 0.6 is 12.4 Å². The van der Waals surface area contributed by atoms with Gasteiger partial charge in [0.15, 0.2) is 0 Å². The van der Waals surface area contributed by atoms with E-state index in [-0.39, 0.29) is 43.4 Å². The van der Waals surface area contributed by atoms with Crippen molar-refractivity contribution in [1.29, 1.82) is 0 Å². The molecule has 22 heavy (non-hydrogen) atoms. The minimum Gasteiger partial charge on any atom is -0.389 e. The summed E-state index contributed by atoms with van der Waals surface area (Å²) in [5.41, 5.74) is 6.77. The number of hydrogen-bond acceptors (Lipinski definition) is 4. The highest BCUT2D eigenvalue weighted by Crippen LogP contribution is 2.06. The van der Waals surface area contributed by atoms with Crippen LogP contribution in [0.5, 0.6) is 0 Å². The molecule has 0 spiro atoms. The highest BCUT2D eigenvalue weighted by Gasteiger charge is 2.22. The van der Waals surface area contributed by atoms with Crippen molar-refractivity contribution >= 4 is 18.3 Å². The number of benzene rings is 1. The van der Waals surface area contributed by atoms with Gasteiger partial charge >= 0.3 is 0 Å². The van der Waals surface area contributed by atoms with E-state index in [9.17, 15) is 9.90 Å². The lowest BCUT2D eigenvalue weighted by molar-refractivity contribution is -0.136. The molecule has 0 saturated carbocycles. The summed E-state index contributed by atoms with van der Waals surface area (Å²) in [6.07, 6.45) is -0.706. The van der Waals surface area contributed by atoms with Gasteiger partial charge in [-0.2, -0.15) is 0 Å². The van der Waals surface area contributed by atoms with Crippen molar-refractivity contribution in [3.63, 3.8) is 0 Å². The quantitative estimate of drug-likeness (QED) is 0.756. The van der Waals surface area contributed by atoms with Gasteiger partial charge in [0.1, 0.15) is 0 Å². The summed E-state index contributed by atoms with van der Waals surface area (Å²) < 4.78 is 5.46. The number of aliphatic hydroxyl groups is 1. The van der Waals surface area contributed by atoms with Crippen LogP contribution in [0.25, 0.3) is 0 Å². The molecule has 6 heteroatoms. The molecule has 1 aromatic rings. The van der Waals surface area contributed by atoms with E-state index in [1.54, 1.807) is 20.9 Å². The number of amides is 1. The van der Waals surface area contributed by atoms with E-state index in [1.807, 2.05) is 30.3 Å². The molecule has 0 fully saturated rings. The highest BCUT2D eigenvalue weighted by molar-refractivity contribution is 5.85. The molecule has 0 aliphatic carbocycles. The molecule has 1 amide bonds. The molecule has 3 N–H and O–H groups in total. The molecule has 5 nitrogen and oxygen atoms in total. The maximum absolute atomic E-state index is 12.0. The second-order valence-corrected chi connectivity index (χ2v) is 5.52. The molecular formula is C16H27ClN2O3. The van der Waals surface area contributed by atoms with Crippen molar-refractivity contribution < 1.29 is 14.6 Å². The molecule has 0 aromatic heterocycles. The van der Waals surface area contributed by atoms with E-state index in [1.165, 1.54) is 4.90 Å². The molecule has 126 valence electrons. The van der Waals surface area contributed by atoms with Crippen LogP contribution in [0.4, 0.5) is 0 Å². The standard InChI is InChI=1S/C16H26N2O3.ClH/c1-12(13(2)17)16(20)18(3)9-15(19)11-21-10-14-7-5-4-6-8-14;/h4-8,12-13,15,19H,9-11,17H2,1-3H3;1H. The topological polar surface area (TPSA) is 75.8 Å². The lowest BCUT2D eigenvalue weighted by Crippen LogP contribution is -2.43. The summed E-state index contributed by atoms with van der Waals surface area (Å²) in [6.45, 7) is 4.48. The minimum absolute atomic E-state index is 0. The van der Waals surface area contributed by atoms with E-state index in [4.69, 9.17) is 10.5 Å². The number of nitrogens with zero attached hydrogens (tertiary/aromatic N) is 1. The number of carbonyl (C=O) groups is 1. The van der Waals surface area contributed by atoms with Crippen molar-refractivity contribution in [2.24, 2.45) is 11.7 Å². The van der Waals surface area contributed by atoms with E-state index in [2.05, 4.69) is 0 Å². The van der Waals surface area contributed by atoms with Crippen molar-refractivity contribution in [1.82, 2.24) is 4.90 Å². The lowest BCUT2D eigenvalue weighted by Gasteiger charge is -2.25. The Morgan fingerprint density at radius 2 is 1.91 bits per heavy atom. The van der Waals surface area contributed by atoms with E-state index >= 15 is 0 Å². The van der Waals surface area contributed by atoms with Crippen LogP contribution in [0.1, 0.15) is 19.4 Å². The molecule has 0 radical (unpaired) electrons. The lowest BCUT2D eigenvalue weighted by atomic mass is 10.0. The number of hydrogen-bond donors (Lipinski definition) is 2. The fourth-order valence-electron chi connectivity index (χ4n) is 1.92. The molecule has 0 aliphatic rings. The highest BCUT2D eigenvalue weighted by atomic mass is 35.5. The van der Waals surface area contributed by atoms with Gasteiger partial charge in [-0.15, -0.1) is 12.4 Å². The van der Waals surface area contributed by atoms with Gasteiger partial charge in [-0.3, -0.25) is 4.79 Å². The third kappa shape index (κ3) is 7.22. The number of halogens is 1. The van der Waals surface area contributed by atoms with Gasteiger partial charge in [0, 0.05) is 19.6 Å². The second-order valence-electron chi connectivity index (χ2n) is 5.52. The van der Waals surface area contributed by atoms with Crippen LogP contribution in [-0.4, -0.2) is 48.3 Å². The fourth-order valence-corrected chi connectivity index (χ4v) is 1.92. The SMILES string of the molecule is CC(N)C(C)C(=O)N(C)CC(O)COCc1ccccc1.Cl. The Morgan fingerprint density at radius 1 is 1.32 bits per heavy atom. The Hall–Kier alpha value is -1.14. The Kier molecular flexibility index (Phi) is 10.0. The average Bonchev–Trinajstić information content (AvgIpc) is 2.46. The minimum atomic E-state index is -0.706. The monoisotopic (exact) mass is 330 g/mol. The summed E-state index contributed by atoms with van der Waals surface area (Å²) in [7, 11) is 1.67. The van der Waals surface area contributed by atoms with E-state index in [0.717, 1.165) is 5.56 Å². The Bertz CT molecular complexity index is 429. The normalized spacial score (nSPS) is 14.6. The van der Waals surface area contributed by atoms with Crippen LogP contribution < -0.4 is 5.73 Å². The van der Waals surface area contributed by atoms with Gasteiger partial charge in [0.05, 0.1) is 25.2 Å². The number of nitrogens with two attached hydrogens (primary N) is 1. The predicted molar refractivity (Wildman–Crippen MR) is 89.8 cm³/mol. The molecule has 0 bridgehead atoms. The third-order valence-electron chi connectivity index (χ3n) is 3.46. The first-order chi connectivity index (χ1) is 9.91. The first-order valence-electron chi connectivity index (χ1n) is 7.22. The molecular weight excluding hydrogens is 304 g/mol. The molecule has 1 rings (SSSR count). The number of rotatable bonds is 8. The number of aliphatic hydroxyl groups excluding tert-OH is 1. The largest absolute Gasteiger partial charge is 0.389 e. The van der Waals surface area contributed by atoms with Crippen molar-refractivity contribution in [3.8, 4) is 0 Å².